The van der Waals surface area contributed by atoms with Crippen LogP contribution in [0.5, 0.6) is 11.6 Å². The maximum Gasteiger partial charge on any atom is 0.243 e. The van der Waals surface area contributed by atoms with E-state index in [0.717, 1.165) is 11.1 Å². The smallest absolute Gasteiger partial charge is 0.243 e. The number of nitrogens with two attached hydrogens (primary N) is 1. The van der Waals surface area contributed by atoms with Crippen LogP contribution in [0.25, 0.3) is 0 Å². The van der Waals surface area contributed by atoms with E-state index in [9.17, 15) is 0 Å². The average Bonchev–Trinajstić information content (AvgIpc) is 2.38. The van der Waals surface area contributed by atoms with Gasteiger partial charge in [0.05, 0.1) is 6.20 Å². The molecule has 0 saturated carbocycles. The molecule has 0 fully saturated rings. The van der Waals surface area contributed by atoms with E-state index in [1.165, 1.54) is 6.20 Å². The summed E-state index contributed by atoms with van der Waals surface area (Å²) < 4.78 is 5.63. The lowest BCUT2D eigenvalue weighted by Gasteiger charge is -2.10. The molecule has 100 valence electrons. The van der Waals surface area contributed by atoms with Crippen molar-refractivity contribution in [2.24, 2.45) is 5.84 Å². The van der Waals surface area contributed by atoms with Gasteiger partial charge in [-0.15, -0.1) is 0 Å². The molecule has 1 aromatic carbocycles. The summed E-state index contributed by atoms with van der Waals surface area (Å²) in [6.07, 6.45) is 1.41. The van der Waals surface area contributed by atoms with Gasteiger partial charge in [0.15, 0.2) is 0 Å². The van der Waals surface area contributed by atoms with Crippen LogP contribution in [0, 0.1) is 13.8 Å². The molecule has 0 aliphatic heterocycles. The molecule has 2 rings (SSSR count). The minimum Gasteiger partial charge on any atom is -0.437 e. The zero-order valence-electron chi connectivity index (χ0n) is 10.4. The number of anilines is 1. The Hall–Kier alpha value is -1.56. The van der Waals surface area contributed by atoms with Gasteiger partial charge >= 0.3 is 0 Å². The lowest BCUT2D eigenvalue weighted by atomic mass is 10.1. The van der Waals surface area contributed by atoms with Crippen molar-refractivity contribution in [2.45, 2.75) is 13.8 Å². The molecule has 0 saturated heterocycles. The SMILES string of the molecule is Cc1cc(Oc2nc(NN)ncc2Cl)cc(C)c1Cl. The number of halogens is 2. The third-order valence-corrected chi connectivity index (χ3v) is 3.32. The quantitative estimate of drug-likeness (QED) is 0.670. The first-order valence-electron chi connectivity index (χ1n) is 5.45. The van der Waals surface area contributed by atoms with Crippen molar-refractivity contribution in [1.82, 2.24) is 9.97 Å². The van der Waals surface area contributed by atoms with E-state index in [4.69, 9.17) is 33.8 Å². The molecular weight excluding hydrogens is 287 g/mol. The number of hydrogen-bond acceptors (Lipinski definition) is 5. The Morgan fingerprint density at radius 3 is 2.42 bits per heavy atom. The number of nitrogen functional groups attached to an aromatic ring is 1. The number of nitrogens with zero attached hydrogens (tertiary/aromatic N) is 2. The number of aryl methyl sites for hydroxylation is 2. The number of hydrogen-bond donors (Lipinski definition) is 2. The molecule has 0 spiro atoms. The number of ether oxygens (including phenoxy) is 1. The first-order chi connectivity index (χ1) is 9.01. The molecule has 5 nitrogen and oxygen atoms in total. The third kappa shape index (κ3) is 3.07. The fourth-order valence-corrected chi connectivity index (χ4v) is 1.81. The van der Waals surface area contributed by atoms with E-state index in [1.807, 2.05) is 26.0 Å². The predicted octanol–water partition coefficient (Wildman–Crippen LogP) is 3.48. The second-order valence-corrected chi connectivity index (χ2v) is 4.75. The third-order valence-electron chi connectivity index (χ3n) is 2.47. The van der Waals surface area contributed by atoms with E-state index in [-0.39, 0.29) is 11.8 Å². The van der Waals surface area contributed by atoms with E-state index < -0.39 is 0 Å². The van der Waals surface area contributed by atoms with Crippen LogP contribution in [0.1, 0.15) is 11.1 Å². The number of hydrazine groups is 1. The summed E-state index contributed by atoms with van der Waals surface area (Å²) in [5.41, 5.74) is 4.16. The van der Waals surface area contributed by atoms with Gasteiger partial charge in [-0.2, -0.15) is 4.98 Å². The van der Waals surface area contributed by atoms with Crippen LogP contribution in [-0.2, 0) is 0 Å². The second kappa shape index (κ2) is 5.61. The molecular formula is C12H12Cl2N4O. The molecule has 1 aromatic heterocycles. The number of rotatable bonds is 3. The maximum atomic E-state index is 6.10. The number of nitrogens with one attached hydrogen (secondary N) is 1. The number of benzene rings is 1. The average molecular weight is 299 g/mol. The molecule has 0 unspecified atom stereocenters. The zero-order chi connectivity index (χ0) is 14.0. The Morgan fingerprint density at radius 2 is 1.84 bits per heavy atom. The normalized spacial score (nSPS) is 10.4. The van der Waals surface area contributed by atoms with Crippen LogP contribution in [0.2, 0.25) is 10.0 Å². The Kier molecular flexibility index (Phi) is 4.09. The minimum absolute atomic E-state index is 0.224. The van der Waals surface area contributed by atoms with Crippen LogP contribution in [0.15, 0.2) is 18.3 Å². The molecule has 1 heterocycles. The van der Waals surface area contributed by atoms with E-state index >= 15 is 0 Å². The molecule has 0 aliphatic carbocycles. The lowest BCUT2D eigenvalue weighted by Crippen LogP contribution is -2.10. The van der Waals surface area contributed by atoms with Crippen molar-refractivity contribution in [3.05, 3.63) is 39.5 Å². The fraction of sp³-hybridized carbons (Fsp3) is 0.167. The van der Waals surface area contributed by atoms with Crippen molar-refractivity contribution in [2.75, 3.05) is 5.43 Å². The minimum atomic E-state index is 0.224. The predicted molar refractivity (Wildman–Crippen MR) is 75.9 cm³/mol. The first-order valence-corrected chi connectivity index (χ1v) is 6.20. The molecule has 19 heavy (non-hydrogen) atoms. The van der Waals surface area contributed by atoms with E-state index in [0.29, 0.717) is 15.8 Å². The van der Waals surface area contributed by atoms with Gasteiger partial charge in [0.1, 0.15) is 10.8 Å². The van der Waals surface area contributed by atoms with Gasteiger partial charge in [-0.3, -0.25) is 5.43 Å². The van der Waals surface area contributed by atoms with Crippen LogP contribution >= 0.6 is 23.2 Å². The van der Waals surface area contributed by atoms with Crippen molar-refractivity contribution in [3.8, 4) is 11.6 Å². The first kappa shape index (κ1) is 13.9. The Labute approximate surface area is 120 Å². The van der Waals surface area contributed by atoms with Gasteiger partial charge in [-0.1, -0.05) is 23.2 Å². The summed E-state index contributed by atoms with van der Waals surface area (Å²) in [7, 11) is 0. The molecule has 0 amide bonds. The van der Waals surface area contributed by atoms with Gasteiger partial charge in [-0.05, 0) is 37.1 Å². The van der Waals surface area contributed by atoms with Crippen molar-refractivity contribution >= 4 is 29.2 Å². The Bertz CT molecular complexity index is 596. The summed E-state index contributed by atoms with van der Waals surface area (Å²) in [5, 5.41) is 1.01. The highest BCUT2D eigenvalue weighted by molar-refractivity contribution is 6.32. The van der Waals surface area contributed by atoms with Gasteiger partial charge < -0.3 is 4.74 Å². The van der Waals surface area contributed by atoms with Crippen LogP contribution in [0.3, 0.4) is 0 Å². The summed E-state index contributed by atoms with van der Waals surface area (Å²) in [6, 6.07) is 3.62. The summed E-state index contributed by atoms with van der Waals surface area (Å²) in [5.74, 6) is 6.29. The monoisotopic (exact) mass is 298 g/mol. The molecule has 2 aromatic rings. The van der Waals surface area contributed by atoms with Crippen LogP contribution in [-0.4, -0.2) is 9.97 Å². The van der Waals surface area contributed by atoms with Gasteiger partial charge in [-0.25, -0.2) is 10.8 Å². The molecule has 3 N–H and O–H groups in total. The van der Waals surface area contributed by atoms with Crippen LogP contribution in [0.4, 0.5) is 5.95 Å². The van der Waals surface area contributed by atoms with Crippen molar-refractivity contribution < 1.29 is 4.74 Å². The Morgan fingerprint density at radius 1 is 1.21 bits per heavy atom. The summed E-state index contributed by atoms with van der Waals surface area (Å²) >= 11 is 12.1. The highest BCUT2D eigenvalue weighted by Crippen LogP contribution is 2.31. The van der Waals surface area contributed by atoms with Gasteiger partial charge in [0, 0.05) is 5.02 Å². The highest BCUT2D eigenvalue weighted by Gasteiger charge is 2.10. The molecule has 7 heteroatoms. The maximum absolute atomic E-state index is 6.10. The lowest BCUT2D eigenvalue weighted by molar-refractivity contribution is 0.462. The van der Waals surface area contributed by atoms with Crippen molar-refractivity contribution in [3.63, 3.8) is 0 Å². The highest BCUT2D eigenvalue weighted by atomic mass is 35.5. The molecule has 0 bridgehead atoms. The molecule has 0 aliphatic rings. The van der Waals surface area contributed by atoms with E-state index in [1.54, 1.807) is 0 Å². The Balaban J connectivity index is 2.36. The molecule has 0 atom stereocenters. The van der Waals surface area contributed by atoms with E-state index in [2.05, 4.69) is 15.4 Å². The zero-order valence-corrected chi connectivity index (χ0v) is 11.9. The number of aromatic nitrogens is 2. The second-order valence-electron chi connectivity index (χ2n) is 3.96. The summed E-state index contributed by atoms with van der Waals surface area (Å²) in [4.78, 5) is 7.90. The topological polar surface area (TPSA) is 73.1 Å². The van der Waals surface area contributed by atoms with Crippen molar-refractivity contribution in [1.29, 1.82) is 0 Å². The largest absolute Gasteiger partial charge is 0.437 e. The van der Waals surface area contributed by atoms with Crippen LogP contribution < -0.4 is 16.0 Å². The standard InChI is InChI=1S/C12H12Cl2N4O/c1-6-3-8(4-7(2)10(6)14)19-11-9(13)5-16-12(17-11)18-15/h3-5H,15H2,1-2H3,(H,16,17,18). The molecule has 0 radical (unpaired) electrons. The van der Waals surface area contributed by atoms with Gasteiger partial charge in [0.25, 0.3) is 0 Å². The fourth-order valence-electron chi connectivity index (χ4n) is 1.57. The summed E-state index contributed by atoms with van der Waals surface area (Å²) in [6.45, 7) is 3.80. The van der Waals surface area contributed by atoms with Gasteiger partial charge in [0.2, 0.25) is 11.8 Å².